The van der Waals surface area contributed by atoms with Gasteiger partial charge in [-0.2, -0.15) is 0 Å². The molecule has 0 spiro atoms. The van der Waals surface area contributed by atoms with E-state index < -0.39 is 0 Å². The molecule has 2 heteroatoms. The van der Waals surface area contributed by atoms with Gasteiger partial charge in [-0.1, -0.05) is 36.4 Å². The lowest BCUT2D eigenvalue weighted by molar-refractivity contribution is 0.691. The number of para-hydroxylation sites is 1. The van der Waals surface area contributed by atoms with Crippen LogP contribution in [0, 0.1) is 13.8 Å². The molecule has 2 N–H and O–H groups in total. The van der Waals surface area contributed by atoms with Crippen LogP contribution in [0.4, 0.5) is 0 Å². The van der Waals surface area contributed by atoms with Crippen LogP contribution < -0.4 is 5.73 Å². The molecular weight excluding hydrogens is 280 g/mol. The maximum atomic E-state index is 6.12. The van der Waals surface area contributed by atoms with Gasteiger partial charge in [-0.15, -0.1) is 0 Å². The Kier molecular flexibility index (Phi) is 4.53. The summed E-state index contributed by atoms with van der Waals surface area (Å²) in [5.41, 5.74) is 12.9. The minimum atomic E-state index is 0.366. The topological polar surface area (TPSA) is 30.9 Å². The molecule has 1 heterocycles. The molecule has 0 saturated carbocycles. The fraction of sp³-hybridized carbons (Fsp3) is 0.333. The molecular formula is C21H26N2. The third-order valence-electron chi connectivity index (χ3n) is 4.96. The minimum Gasteiger partial charge on any atom is -0.347 e. The van der Waals surface area contributed by atoms with Gasteiger partial charge in [0.2, 0.25) is 0 Å². The van der Waals surface area contributed by atoms with Gasteiger partial charge in [-0.05, 0) is 62.1 Å². The molecule has 1 aromatic heterocycles. The Bertz CT molecular complexity index is 814. The number of hydrogen-bond donors (Lipinski definition) is 1. The smallest absolute Gasteiger partial charge is 0.0483 e. The number of fused-ring (bicyclic) bond motifs is 1. The largest absolute Gasteiger partial charge is 0.347 e. The van der Waals surface area contributed by atoms with Crippen LogP contribution >= 0.6 is 0 Å². The summed E-state index contributed by atoms with van der Waals surface area (Å²) in [5.74, 6) is 0.366. The summed E-state index contributed by atoms with van der Waals surface area (Å²) in [6.07, 6.45) is 3.29. The molecule has 3 aromatic rings. The van der Waals surface area contributed by atoms with Crippen LogP contribution in [0.15, 0.2) is 48.7 Å². The Balaban J connectivity index is 1.97. The van der Waals surface area contributed by atoms with Crippen molar-refractivity contribution in [1.82, 2.24) is 4.57 Å². The maximum Gasteiger partial charge on any atom is 0.0483 e. The molecule has 0 fully saturated rings. The number of nitrogens with two attached hydrogens (primary N) is 1. The summed E-state index contributed by atoms with van der Waals surface area (Å²) < 4.78 is 2.33. The normalized spacial score (nSPS) is 12.7. The van der Waals surface area contributed by atoms with Crippen LogP contribution in [0.5, 0.6) is 0 Å². The monoisotopic (exact) mass is 306 g/mol. The van der Waals surface area contributed by atoms with Gasteiger partial charge in [0, 0.05) is 29.6 Å². The zero-order valence-corrected chi connectivity index (χ0v) is 14.3. The van der Waals surface area contributed by atoms with E-state index in [1.54, 1.807) is 0 Å². The summed E-state index contributed by atoms with van der Waals surface area (Å²) >= 11 is 0. The van der Waals surface area contributed by atoms with E-state index in [1.165, 1.54) is 33.2 Å². The van der Waals surface area contributed by atoms with E-state index in [4.69, 9.17) is 5.73 Å². The lowest BCUT2D eigenvalue weighted by Gasteiger charge is -2.16. The van der Waals surface area contributed by atoms with Gasteiger partial charge in [0.1, 0.15) is 0 Å². The second kappa shape index (κ2) is 6.59. The van der Waals surface area contributed by atoms with E-state index in [9.17, 15) is 0 Å². The van der Waals surface area contributed by atoms with Crippen molar-refractivity contribution in [3.63, 3.8) is 0 Å². The zero-order valence-electron chi connectivity index (χ0n) is 14.3. The number of aromatic nitrogens is 1. The van der Waals surface area contributed by atoms with Crippen molar-refractivity contribution in [2.45, 2.75) is 39.7 Å². The summed E-state index contributed by atoms with van der Waals surface area (Å²) in [6.45, 7) is 8.20. The lowest BCUT2D eigenvalue weighted by atomic mass is 9.90. The molecule has 0 aliphatic rings. The van der Waals surface area contributed by atoms with E-state index in [0.29, 0.717) is 12.5 Å². The van der Waals surface area contributed by atoms with Crippen LogP contribution in [0.3, 0.4) is 0 Å². The van der Waals surface area contributed by atoms with Crippen LogP contribution in [0.1, 0.15) is 35.1 Å². The molecule has 0 bridgehead atoms. The first kappa shape index (κ1) is 15.8. The predicted molar refractivity (Wildman–Crippen MR) is 99.0 cm³/mol. The van der Waals surface area contributed by atoms with Gasteiger partial charge in [-0.3, -0.25) is 0 Å². The van der Waals surface area contributed by atoms with Gasteiger partial charge >= 0.3 is 0 Å². The third-order valence-corrected chi connectivity index (χ3v) is 4.96. The minimum absolute atomic E-state index is 0.366. The highest BCUT2D eigenvalue weighted by molar-refractivity contribution is 5.84. The Morgan fingerprint density at radius 1 is 1.04 bits per heavy atom. The molecule has 1 unspecified atom stereocenters. The molecule has 0 radical (unpaired) electrons. The standard InChI is InChI=1S/C21H26N2/c1-4-23-14-19(20-7-5-6-8-21(20)23)12-18(13-22)17-10-9-15(2)16(3)11-17/h5-11,14,18H,4,12-13,22H2,1-3H3. The zero-order chi connectivity index (χ0) is 16.4. The molecule has 0 aliphatic carbocycles. The van der Waals surface area contributed by atoms with Crippen molar-refractivity contribution in [3.8, 4) is 0 Å². The predicted octanol–water partition coefficient (Wildman–Crippen LogP) is 4.56. The fourth-order valence-corrected chi connectivity index (χ4v) is 3.37. The molecule has 3 rings (SSSR count). The average molecular weight is 306 g/mol. The van der Waals surface area contributed by atoms with Crippen LogP contribution in [-0.2, 0) is 13.0 Å². The average Bonchev–Trinajstić information content (AvgIpc) is 2.93. The SMILES string of the molecule is CCn1cc(CC(CN)c2ccc(C)c(C)c2)c2ccccc21. The Hall–Kier alpha value is -2.06. The van der Waals surface area contributed by atoms with Crippen molar-refractivity contribution in [2.24, 2.45) is 5.73 Å². The fourth-order valence-electron chi connectivity index (χ4n) is 3.37. The summed E-state index contributed by atoms with van der Waals surface area (Å²) in [4.78, 5) is 0. The van der Waals surface area contributed by atoms with E-state index in [0.717, 1.165) is 13.0 Å². The van der Waals surface area contributed by atoms with Crippen LogP contribution in [0.2, 0.25) is 0 Å². The first-order valence-electron chi connectivity index (χ1n) is 8.48. The van der Waals surface area contributed by atoms with E-state index in [2.05, 4.69) is 74.0 Å². The van der Waals surface area contributed by atoms with Crippen molar-refractivity contribution >= 4 is 10.9 Å². The van der Waals surface area contributed by atoms with Gasteiger partial charge < -0.3 is 10.3 Å². The molecule has 2 aromatic carbocycles. The molecule has 0 saturated heterocycles. The van der Waals surface area contributed by atoms with Crippen molar-refractivity contribution in [1.29, 1.82) is 0 Å². The highest BCUT2D eigenvalue weighted by atomic mass is 14.9. The van der Waals surface area contributed by atoms with Gasteiger partial charge in [0.15, 0.2) is 0 Å². The first-order valence-corrected chi connectivity index (χ1v) is 8.48. The Morgan fingerprint density at radius 2 is 1.83 bits per heavy atom. The molecule has 23 heavy (non-hydrogen) atoms. The van der Waals surface area contributed by atoms with Crippen molar-refractivity contribution < 1.29 is 0 Å². The molecule has 0 aliphatic heterocycles. The molecule has 0 amide bonds. The van der Waals surface area contributed by atoms with Crippen LogP contribution in [-0.4, -0.2) is 11.1 Å². The highest BCUT2D eigenvalue weighted by Crippen LogP contribution is 2.28. The van der Waals surface area contributed by atoms with E-state index in [-0.39, 0.29) is 0 Å². The summed E-state index contributed by atoms with van der Waals surface area (Å²) in [5, 5.41) is 1.36. The molecule has 2 nitrogen and oxygen atoms in total. The Labute approximate surface area is 138 Å². The number of aryl methyl sites for hydroxylation is 3. The number of benzene rings is 2. The van der Waals surface area contributed by atoms with Gasteiger partial charge in [0.05, 0.1) is 0 Å². The van der Waals surface area contributed by atoms with Gasteiger partial charge in [0.25, 0.3) is 0 Å². The van der Waals surface area contributed by atoms with Gasteiger partial charge in [-0.25, -0.2) is 0 Å². The number of rotatable bonds is 5. The highest BCUT2D eigenvalue weighted by Gasteiger charge is 2.15. The molecule has 1 atom stereocenters. The number of nitrogens with zero attached hydrogens (tertiary/aromatic N) is 1. The Morgan fingerprint density at radius 3 is 2.52 bits per heavy atom. The molecule has 120 valence electrons. The van der Waals surface area contributed by atoms with E-state index >= 15 is 0 Å². The van der Waals surface area contributed by atoms with Crippen molar-refractivity contribution in [2.75, 3.05) is 6.54 Å². The third kappa shape index (κ3) is 3.04. The second-order valence-corrected chi connectivity index (χ2v) is 6.44. The summed E-state index contributed by atoms with van der Waals surface area (Å²) in [6, 6.07) is 15.4. The summed E-state index contributed by atoms with van der Waals surface area (Å²) in [7, 11) is 0. The van der Waals surface area contributed by atoms with Crippen molar-refractivity contribution in [3.05, 3.63) is 70.9 Å². The quantitative estimate of drug-likeness (QED) is 0.736. The number of hydrogen-bond acceptors (Lipinski definition) is 1. The first-order chi connectivity index (χ1) is 11.1. The lowest BCUT2D eigenvalue weighted by Crippen LogP contribution is -2.15. The maximum absolute atomic E-state index is 6.12. The second-order valence-electron chi connectivity index (χ2n) is 6.44. The van der Waals surface area contributed by atoms with Crippen LogP contribution in [0.25, 0.3) is 10.9 Å². The van der Waals surface area contributed by atoms with E-state index in [1.807, 2.05) is 0 Å².